The van der Waals surface area contributed by atoms with Gasteiger partial charge in [-0.15, -0.1) is 11.3 Å². The monoisotopic (exact) mass is 327 g/mol. The van der Waals surface area contributed by atoms with Crippen LogP contribution in [0.15, 0.2) is 15.4 Å². The summed E-state index contributed by atoms with van der Waals surface area (Å²) in [7, 11) is 0. The van der Waals surface area contributed by atoms with Crippen LogP contribution in [0.4, 0.5) is 5.13 Å². The normalized spacial score (nSPS) is 10.8. The molecule has 0 saturated heterocycles. The van der Waals surface area contributed by atoms with Gasteiger partial charge in [-0.2, -0.15) is 22.0 Å². The molecule has 8 nitrogen and oxygen atoms in total. The lowest BCUT2D eigenvalue weighted by Gasteiger charge is -2.03. The minimum absolute atomic E-state index is 0.00587. The highest BCUT2D eigenvalue weighted by molar-refractivity contribution is 7.98. The van der Waals surface area contributed by atoms with E-state index in [1.807, 2.05) is 12.3 Å². The highest BCUT2D eigenvalue weighted by Crippen LogP contribution is 2.21. The lowest BCUT2D eigenvalue weighted by Crippen LogP contribution is -2.21. The predicted octanol–water partition coefficient (Wildman–Crippen LogP) is 0.744. The summed E-state index contributed by atoms with van der Waals surface area (Å²) in [4.78, 5) is 12.3. The van der Waals surface area contributed by atoms with Crippen LogP contribution in [0.25, 0.3) is 0 Å². The third kappa shape index (κ3) is 7.38. The number of thiazole rings is 1. The van der Waals surface area contributed by atoms with Crippen LogP contribution in [-0.2, 0) is 10.5 Å². The Hall–Kier alpha value is -1.99. The van der Waals surface area contributed by atoms with E-state index in [9.17, 15) is 0 Å². The second-order valence-electron chi connectivity index (χ2n) is 3.57. The van der Waals surface area contributed by atoms with Gasteiger partial charge >= 0.3 is 0 Å². The van der Waals surface area contributed by atoms with E-state index in [1.54, 1.807) is 18.0 Å². The Kier molecular flexibility index (Phi) is 8.00. The van der Waals surface area contributed by atoms with Crippen molar-refractivity contribution in [1.29, 1.82) is 5.26 Å². The van der Waals surface area contributed by atoms with Crippen LogP contribution in [0.3, 0.4) is 0 Å². The van der Waals surface area contributed by atoms with Crippen LogP contribution < -0.4 is 16.8 Å². The predicted molar refractivity (Wildman–Crippen MR) is 86.4 cm³/mol. The number of nitrogens with one attached hydrogen (secondary N) is 1. The highest BCUT2D eigenvalue weighted by atomic mass is 32.2. The van der Waals surface area contributed by atoms with Crippen molar-refractivity contribution in [3.8, 4) is 6.19 Å². The van der Waals surface area contributed by atoms with Gasteiger partial charge in [0.25, 0.3) is 6.02 Å². The largest absolute Gasteiger partial charge is 0.465 e. The summed E-state index contributed by atoms with van der Waals surface area (Å²) in [5.41, 5.74) is 11.5. The quantitative estimate of drug-likeness (QED) is 0.221. The molecule has 0 amide bonds. The van der Waals surface area contributed by atoms with E-state index in [1.165, 1.54) is 11.3 Å². The second-order valence-corrected chi connectivity index (χ2v) is 5.51. The van der Waals surface area contributed by atoms with Crippen LogP contribution in [-0.4, -0.2) is 35.9 Å². The standard InChI is InChI=1S/C11H17N7OS2/c1-2-19-10(16-7-12)15-3-4-20-5-8-6-21-11(17-8)18-9(13)14/h6H,2-5H2,1H3,(H,15,16)(H4,13,14,17,18). The molecule has 0 bridgehead atoms. The van der Waals surface area contributed by atoms with Gasteiger partial charge in [0.2, 0.25) is 5.13 Å². The third-order valence-electron chi connectivity index (χ3n) is 1.95. The average molecular weight is 327 g/mol. The van der Waals surface area contributed by atoms with Crippen molar-refractivity contribution < 1.29 is 4.74 Å². The zero-order valence-corrected chi connectivity index (χ0v) is 13.2. The first-order valence-corrected chi connectivity index (χ1v) is 8.13. The fourth-order valence-electron chi connectivity index (χ4n) is 1.22. The molecule has 1 rings (SSSR count). The summed E-state index contributed by atoms with van der Waals surface area (Å²) in [5, 5.41) is 13.4. The molecule has 21 heavy (non-hydrogen) atoms. The topological polar surface area (TPSA) is 135 Å². The van der Waals surface area contributed by atoms with Gasteiger partial charge in [-0.25, -0.2) is 15.3 Å². The fourth-order valence-corrected chi connectivity index (χ4v) is 2.75. The van der Waals surface area contributed by atoms with E-state index < -0.39 is 0 Å². The van der Waals surface area contributed by atoms with Gasteiger partial charge in [-0.1, -0.05) is 0 Å². The van der Waals surface area contributed by atoms with E-state index >= 15 is 0 Å². The Morgan fingerprint density at radius 3 is 3.10 bits per heavy atom. The molecule has 1 aromatic rings. The number of nitriles is 1. The molecule has 0 aliphatic heterocycles. The number of thioether (sulfide) groups is 1. The SMILES string of the molecule is CCOC(=NCCSCc1csc(N=C(N)N)n1)NC#N. The van der Waals surface area contributed by atoms with Crippen LogP contribution in [0.2, 0.25) is 0 Å². The van der Waals surface area contributed by atoms with Crippen molar-refractivity contribution in [1.82, 2.24) is 10.3 Å². The van der Waals surface area contributed by atoms with Crippen molar-refractivity contribution in [2.75, 3.05) is 18.9 Å². The number of hydrogen-bond acceptors (Lipinski definition) is 7. The van der Waals surface area contributed by atoms with Crippen molar-refractivity contribution >= 4 is 40.2 Å². The minimum atomic E-state index is 0.00587. The molecule has 114 valence electrons. The van der Waals surface area contributed by atoms with Crippen molar-refractivity contribution in [3.05, 3.63) is 11.1 Å². The number of rotatable bonds is 7. The van der Waals surface area contributed by atoms with Gasteiger partial charge in [0.05, 0.1) is 18.8 Å². The summed E-state index contributed by atoms with van der Waals surface area (Å²) in [6.45, 7) is 2.85. The molecule has 0 atom stereocenters. The number of ether oxygens (including phenoxy) is 1. The van der Waals surface area contributed by atoms with Gasteiger partial charge in [0.1, 0.15) is 0 Å². The van der Waals surface area contributed by atoms with E-state index in [4.69, 9.17) is 21.5 Å². The molecule has 5 N–H and O–H groups in total. The highest BCUT2D eigenvalue weighted by Gasteiger charge is 2.02. The van der Waals surface area contributed by atoms with Crippen LogP contribution >= 0.6 is 23.1 Å². The molecule has 0 aliphatic rings. The van der Waals surface area contributed by atoms with Gasteiger partial charge in [-0.3, -0.25) is 0 Å². The summed E-state index contributed by atoms with van der Waals surface area (Å²) >= 11 is 3.07. The number of amidine groups is 1. The fraction of sp³-hybridized carbons (Fsp3) is 0.455. The van der Waals surface area contributed by atoms with E-state index in [0.29, 0.717) is 18.3 Å². The Labute approximate surface area is 131 Å². The van der Waals surface area contributed by atoms with Crippen LogP contribution in [0.1, 0.15) is 12.6 Å². The van der Waals surface area contributed by atoms with E-state index in [2.05, 4.69) is 20.3 Å². The Bertz CT molecular complexity index is 531. The molecule has 0 aliphatic carbocycles. The lowest BCUT2D eigenvalue weighted by molar-refractivity contribution is 0.314. The van der Waals surface area contributed by atoms with Crippen molar-refractivity contribution in [3.63, 3.8) is 0 Å². The Balaban J connectivity index is 2.30. The lowest BCUT2D eigenvalue weighted by atomic mass is 10.6. The maximum Gasteiger partial charge on any atom is 0.298 e. The number of guanidine groups is 1. The molecule has 10 heteroatoms. The Morgan fingerprint density at radius 1 is 1.62 bits per heavy atom. The molecule has 1 aromatic heterocycles. The second kappa shape index (κ2) is 9.84. The molecule has 0 unspecified atom stereocenters. The van der Waals surface area contributed by atoms with Crippen LogP contribution in [0, 0.1) is 11.5 Å². The molecule has 0 saturated carbocycles. The zero-order valence-electron chi connectivity index (χ0n) is 11.6. The molecule has 0 spiro atoms. The van der Waals surface area contributed by atoms with Crippen molar-refractivity contribution in [2.45, 2.75) is 12.7 Å². The number of nitrogens with zero attached hydrogens (tertiary/aromatic N) is 4. The van der Waals surface area contributed by atoms with Crippen LogP contribution in [0.5, 0.6) is 0 Å². The van der Waals surface area contributed by atoms with Gasteiger partial charge in [-0.05, 0) is 6.92 Å². The molecular formula is C11H17N7OS2. The summed E-state index contributed by atoms with van der Waals surface area (Å²) < 4.78 is 5.15. The first-order chi connectivity index (χ1) is 10.2. The molecule has 1 heterocycles. The maximum atomic E-state index is 8.52. The summed E-state index contributed by atoms with van der Waals surface area (Å²) in [6.07, 6.45) is 1.78. The first-order valence-electron chi connectivity index (χ1n) is 6.09. The summed E-state index contributed by atoms with van der Waals surface area (Å²) in [6, 6.07) is 0.254. The minimum Gasteiger partial charge on any atom is -0.465 e. The first kappa shape index (κ1) is 17.1. The summed E-state index contributed by atoms with van der Waals surface area (Å²) in [5.74, 6) is 1.55. The average Bonchev–Trinajstić information content (AvgIpc) is 2.85. The Morgan fingerprint density at radius 2 is 2.43 bits per heavy atom. The molecule has 0 aromatic carbocycles. The maximum absolute atomic E-state index is 8.52. The molecule has 0 radical (unpaired) electrons. The van der Waals surface area contributed by atoms with E-state index in [0.717, 1.165) is 17.2 Å². The number of aromatic nitrogens is 1. The van der Waals surface area contributed by atoms with Gasteiger partial charge < -0.3 is 16.2 Å². The molecular weight excluding hydrogens is 310 g/mol. The number of hydrogen-bond donors (Lipinski definition) is 3. The van der Waals surface area contributed by atoms with Crippen molar-refractivity contribution in [2.24, 2.45) is 21.5 Å². The zero-order chi connectivity index (χ0) is 15.5. The number of nitrogens with two attached hydrogens (primary N) is 2. The molecule has 0 fully saturated rings. The van der Waals surface area contributed by atoms with Gasteiger partial charge in [0, 0.05) is 16.9 Å². The van der Waals surface area contributed by atoms with Gasteiger partial charge in [0.15, 0.2) is 12.2 Å². The number of aliphatic imine (C=N–C) groups is 2. The third-order valence-corrected chi connectivity index (χ3v) is 3.70. The smallest absolute Gasteiger partial charge is 0.298 e. The van der Waals surface area contributed by atoms with E-state index in [-0.39, 0.29) is 12.0 Å².